The molecule has 7 nitrogen and oxygen atoms in total. The Hall–Kier alpha value is -3.23. The minimum absolute atomic E-state index is 0.0564. The molecule has 0 spiro atoms. The molecule has 1 unspecified atom stereocenters. The standard InChI is InChI=1S/C28H33N3O4S/c1-18-8-6-10-24(16-18)29-28(32)23-9-7-13-31(17-23)36(33,34)27-22(5)30-35-26(27)12-11-25-20(3)14-19(2)15-21(25)4/h6,8,10-12,14-16,23H,7,9,13,17H2,1-5H3,(H,29,32). The summed E-state index contributed by atoms with van der Waals surface area (Å²) >= 11 is 0. The summed E-state index contributed by atoms with van der Waals surface area (Å²) < 4.78 is 34.2. The molecular weight excluding hydrogens is 474 g/mol. The Morgan fingerprint density at radius 3 is 2.47 bits per heavy atom. The first-order valence-corrected chi connectivity index (χ1v) is 13.6. The molecule has 36 heavy (non-hydrogen) atoms. The lowest BCUT2D eigenvalue weighted by atomic mass is 9.98. The van der Waals surface area contributed by atoms with E-state index in [1.165, 1.54) is 9.87 Å². The Balaban J connectivity index is 1.56. The summed E-state index contributed by atoms with van der Waals surface area (Å²) in [5, 5.41) is 6.89. The van der Waals surface area contributed by atoms with E-state index < -0.39 is 15.9 Å². The second-order valence-electron chi connectivity index (χ2n) is 9.67. The molecule has 4 rings (SSSR count). The average Bonchev–Trinajstić information content (AvgIpc) is 3.19. The van der Waals surface area contributed by atoms with Gasteiger partial charge in [0.2, 0.25) is 15.9 Å². The average molecular weight is 508 g/mol. The van der Waals surface area contributed by atoms with Crippen molar-refractivity contribution in [2.45, 2.75) is 52.4 Å². The second-order valence-corrected chi connectivity index (χ2v) is 11.5. The Morgan fingerprint density at radius 1 is 1.06 bits per heavy atom. The van der Waals surface area contributed by atoms with Crippen LogP contribution in [0.25, 0.3) is 12.2 Å². The highest BCUT2D eigenvalue weighted by Gasteiger charge is 2.37. The van der Waals surface area contributed by atoms with Gasteiger partial charge in [-0.1, -0.05) is 41.1 Å². The van der Waals surface area contributed by atoms with Gasteiger partial charge in [0, 0.05) is 18.8 Å². The van der Waals surface area contributed by atoms with Crippen LogP contribution < -0.4 is 5.32 Å². The Kier molecular flexibility index (Phi) is 7.47. The SMILES string of the molecule is Cc1cccc(NC(=O)C2CCCN(S(=O)(=O)c3c(C)noc3C=Cc3c(C)cc(C)cc3C)C2)c1. The second kappa shape index (κ2) is 10.4. The van der Waals surface area contributed by atoms with Crippen molar-refractivity contribution >= 4 is 33.8 Å². The van der Waals surface area contributed by atoms with Crippen LogP contribution in [-0.2, 0) is 14.8 Å². The molecule has 1 aliphatic rings. The molecule has 1 atom stereocenters. The number of nitrogens with one attached hydrogen (secondary N) is 1. The van der Waals surface area contributed by atoms with Crippen LogP contribution in [0.4, 0.5) is 5.69 Å². The fraction of sp³-hybridized carbons (Fsp3) is 0.357. The minimum Gasteiger partial charge on any atom is -0.355 e. The van der Waals surface area contributed by atoms with E-state index in [1.807, 2.05) is 58.0 Å². The predicted octanol–water partition coefficient (Wildman–Crippen LogP) is 5.43. The van der Waals surface area contributed by atoms with E-state index in [1.54, 1.807) is 13.0 Å². The highest BCUT2D eigenvalue weighted by atomic mass is 32.2. The third-order valence-electron chi connectivity index (χ3n) is 6.61. The molecule has 190 valence electrons. The van der Waals surface area contributed by atoms with Crippen LogP contribution in [0.1, 0.15) is 52.1 Å². The third kappa shape index (κ3) is 5.44. The van der Waals surface area contributed by atoms with E-state index in [0.29, 0.717) is 30.8 Å². The minimum atomic E-state index is -3.91. The van der Waals surface area contributed by atoms with Gasteiger partial charge in [-0.3, -0.25) is 4.79 Å². The number of nitrogens with zero attached hydrogens (tertiary/aromatic N) is 2. The predicted molar refractivity (Wildman–Crippen MR) is 142 cm³/mol. The number of benzene rings is 2. The summed E-state index contributed by atoms with van der Waals surface area (Å²) in [7, 11) is -3.91. The molecular formula is C28H33N3O4S. The van der Waals surface area contributed by atoms with Crippen molar-refractivity contribution in [3.8, 4) is 0 Å². The van der Waals surface area contributed by atoms with Crippen LogP contribution >= 0.6 is 0 Å². The fourth-order valence-electron chi connectivity index (χ4n) is 4.88. The molecule has 1 aromatic heterocycles. The van der Waals surface area contributed by atoms with Gasteiger partial charge in [-0.15, -0.1) is 0 Å². The van der Waals surface area contributed by atoms with Crippen molar-refractivity contribution in [2.24, 2.45) is 5.92 Å². The highest BCUT2D eigenvalue weighted by Crippen LogP contribution is 2.30. The fourth-order valence-corrected chi connectivity index (χ4v) is 6.66. The van der Waals surface area contributed by atoms with Crippen LogP contribution in [0.2, 0.25) is 0 Å². The zero-order valence-electron chi connectivity index (χ0n) is 21.5. The Morgan fingerprint density at radius 2 is 1.78 bits per heavy atom. The van der Waals surface area contributed by atoms with E-state index in [2.05, 4.69) is 22.6 Å². The molecule has 0 bridgehead atoms. The smallest absolute Gasteiger partial charge is 0.248 e. The lowest BCUT2D eigenvalue weighted by Crippen LogP contribution is -2.43. The van der Waals surface area contributed by atoms with Gasteiger partial charge >= 0.3 is 0 Å². The largest absolute Gasteiger partial charge is 0.355 e. The van der Waals surface area contributed by atoms with Gasteiger partial charge in [0.05, 0.1) is 5.92 Å². The molecule has 1 amide bonds. The Bertz CT molecular complexity index is 1400. The van der Waals surface area contributed by atoms with Gasteiger partial charge < -0.3 is 9.84 Å². The van der Waals surface area contributed by atoms with Gasteiger partial charge in [-0.2, -0.15) is 4.31 Å². The van der Waals surface area contributed by atoms with E-state index in [4.69, 9.17) is 4.52 Å². The first-order chi connectivity index (χ1) is 17.1. The summed E-state index contributed by atoms with van der Waals surface area (Å²) in [5.41, 5.74) is 6.45. The summed E-state index contributed by atoms with van der Waals surface area (Å²) in [6.07, 6.45) is 4.77. The molecule has 3 aromatic rings. The topological polar surface area (TPSA) is 92.5 Å². The van der Waals surface area contributed by atoms with Crippen molar-refractivity contribution in [3.63, 3.8) is 0 Å². The number of hydrogen-bond donors (Lipinski definition) is 1. The number of aromatic nitrogens is 1. The number of amides is 1. The number of rotatable bonds is 6. The summed E-state index contributed by atoms with van der Waals surface area (Å²) in [5.74, 6) is -0.419. The van der Waals surface area contributed by atoms with Crippen molar-refractivity contribution in [3.05, 3.63) is 75.7 Å². The zero-order chi connectivity index (χ0) is 26.0. The molecule has 1 fully saturated rings. The van der Waals surface area contributed by atoms with Gasteiger partial charge in [0.25, 0.3) is 0 Å². The number of anilines is 1. The van der Waals surface area contributed by atoms with E-state index in [-0.39, 0.29) is 23.1 Å². The number of carbonyl (C=O) groups is 1. The van der Waals surface area contributed by atoms with Crippen molar-refractivity contribution in [1.29, 1.82) is 0 Å². The molecule has 2 heterocycles. The number of carbonyl (C=O) groups excluding carboxylic acids is 1. The number of piperidine rings is 1. The summed E-state index contributed by atoms with van der Waals surface area (Å²) in [4.78, 5) is 13.0. The lowest BCUT2D eigenvalue weighted by molar-refractivity contribution is -0.120. The van der Waals surface area contributed by atoms with Crippen LogP contribution in [0, 0.1) is 40.5 Å². The van der Waals surface area contributed by atoms with Crippen molar-refractivity contribution < 1.29 is 17.7 Å². The van der Waals surface area contributed by atoms with Crippen molar-refractivity contribution in [2.75, 3.05) is 18.4 Å². The van der Waals surface area contributed by atoms with Gasteiger partial charge in [-0.05, 0) is 87.9 Å². The number of hydrogen-bond acceptors (Lipinski definition) is 5. The van der Waals surface area contributed by atoms with E-state index in [9.17, 15) is 13.2 Å². The molecule has 0 radical (unpaired) electrons. The van der Waals surface area contributed by atoms with Gasteiger partial charge in [0.1, 0.15) is 5.69 Å². The van der Waals surface area contributed by atoms with Crippen LogP contribution in [-0.4, -0.2) is 36.9 Å². The molecule has 8 heteroatoms. The molecule has 1 saturated heterocycles. The molecule has 0 aliphatic carbocycles. The maximum atomic E-state index is 13.7. The Labute approximate surface area is 213 Å². The maximum absolute atomic E-state index is 13.7. The monoisotopic (exact) mass is 507 g/mol. The highest BCUT2D eigenvalue weighted by molar-refractivity contribution is 7.89. The first kappa shape index (κ1) is 25.9. The summed E-state index contributed by atoms with van der Waals surface area (Å²) in [6.45, 7) is 10.1. The van der Waals surface area contributed by atoms with Crippen LogP contribution in [0.3, 0.4) is 0 Å². The molecule has 1 aliphatic heterocycles. The van der Waals surface area contributed by atoms with E-state index >= 15 is 0 Å². The van der Waals surface area contributed by atoms with Crippen molar-refractivity contribution in [1.82, 2.24) is 9.46 Å². The summed E-state index contributed by atoms with van der Waals surface area (Å²) in [6, 6.07) is 11.7. The van der Waals surface area contributed by atoms with E-state index in [0.717, 1.165) is 22.3 Å². The lowest BCUT2D eigenvalue weighted by Gasteiger charge is -2.31. The maximum Gasteiger partial charge on any atom is 0.248 e. The van der Waals surface area contributed by atoms with Gasteiger partial charge in [-0.25, -0.2) is 8.42 Å². The molecule has 2 aromatic carbocycles. The normalized spacial score (nSPS) is 17.0. The van der Waals surface area contributed by atoms with Crippen LogP contribution in [0.15, 0.2) is 45.8 Å². The third-order valence-corrected chi connectivity index (χ3v) is 8.64. The number of sulfonamides is 1. The quantitative estimate of drug-likeness (QED) is 0.481. The zero-order valence-corrected chi connectivity index (χ0v) is 22.3. The first-order valence-electron chi connectivity index (χ1n) is 12.2. The number of aryl methyl sites for hydroxylation is 5. The molecule has 1 N–H and O–H groups in total. The van der Waals surface area contributed by atoms with Gasteiger partial charge in [0.15, 0.2) is 10.7 Å². The van der Waals surface area contributed by atoms with Crippen LogP contribution in [0.5, 0.6) is 0 Å². The molecule has 0 saturated carbocycles.